The Labute approximate surface area is 132 Å². The molecule has 4 nitrogen and oxygen atoms in total. The number of nitrogens with zero attached hydrogens (tertiary/aromatic N) is 2. The number of hydrogen-bond donors (Lipinski definition) is 1. The Kier molecular flexibility index (Phi) is 4.52. The first kappa shape index (κ1) is 15.5. The van der Waals surface area contributed by atoms with Crippen LogP contribution in [0.2, 0.25) is 0 Å². The van der Waals surface area contributed by atoms with Gasteiger partial charge >= 0.3 is 0 Å². The lowest BCUT2D eigenvalue weighted by Gasteiger charge is -2.13. The van der Waals surface area contributed by atoms with Crippen LogP contribution in [-0.4, -0.2) is 29.2 Å². The number of fused-ring (bicyclic) bond motifs is 2. The fourth-order valence-electron chi connectivity index (χ4n) is 3.39. The van der Waals surface area contributed by atoms with Gasteiger partial charge in [0.1, 0.15) is 0 Å². The van der Waals surface area contributed by atoms with Crippen molar-refractivity contribution in [3.63, 3.8) is 0 Å². The number of rotatable bonds is 6. The van der Waals surface area contributed by atoms with Gasteiger partial charge in [-0.05, 0) is 42.2 Å². The molecule has 2 N–H and O–H groups in total. The van der Waals surface area contributed by atoms with Crippen molar-refractivity contribution >= 4 is 10.9 Å². The van der Waals surface area contributed by atoms with Gasteiger partial charge < -0.3 is 15.0 Å². The molecule has 0 spiro atoms. The second kappa shape index (κ2) is 6.41. The summed E-state index contributed by atoms with van der Waals surface area (Å²) in [5, 5.41) is 1.32. The van der Waals surface area contributed by atoms with Crippen molar-refractivity contribution in [3.8, 4) is 0 Å². The highest BCUT2D eigenvalue weighted by Gasteiger charge is 2.21. The van der Waals surface area contributed by atoms with Gasteiger partial charge in [-0.25, -0.2) is 0 Å². The molecule has 1 unspecified atom stereocenters. The topological polar surface area (TPSA) is 43.4 Å². The van der Waals surface area contributed by atoms with Crippen LogP contribution in [0.1, 0.15) is 43.0 Å². The van der Waals surface area contributed by atoms with Crippen molar-refractivity contribution in [2.24, 2.45) is 12.8 Å². The van der Waals surface area contributed by atoms with E-state index >= 15 is 0 Å². The summed E-state index contributed by atoms with van der Waals surface area (Å²) in [6.45, 7) is 8.85. The second-order valence-electron chi connectivity index (χ2n) is 6.26. The Morgan fingerprint density at radius 2 is 1.95 bits per heavy atom. The summed E-state index contributed by atoms with van der Waals surface area (Å²) in [5.74, 6) is 0. The van der Waals surface area contributed by atoms with Gasteiger partial charge in [-0.3, -0.25) is 4.90 Å². The van der Waals surface area contributed by atoms with E-state index in [9.17, 15) is 0 Å². The molecule has 0 saturated carbocycles. The third kappa shape index (κ3) is 2.78. The number of nitrogens with two attached hydrogens (primary N) is 1. The van der Waals surface area contributed by atoms with E-state index in [1.54, 1.807) is 0 Å². The van der Waals surface area contributed by atoms with Crippen LogP contribution in [0, 0.1) is 0 Å². The predicted octanol–water partition coefficient (Wildman–Crippen LogP) is 2.94. The summed E-state index contributed by atoms with van der Waals surface area (Å²) in [7, 11) is 2.11. The maximum atomic E-state index is 6.29. The zero-order valence-electron chi connectivity index (χ0n) is 13.9. The van der Waals surface area contributed by atoms with Crippen molar-refractivity contribution in [1.82, 2.24) is 9.47 Å². The molecule has 1 aromatic heterocycles. The predicted molar refractivity (Wildman–Crippen MR) is 90.7 cm³/mol. The molecule has 22 heavy (non-hydrogen) atoms. The third-order valence-corrected chi connectivity index (χ3v) is 4.72. The van der Waals surface area contributed by atoms with E-state index in [0.29, 0.717) is 0 Å². The maximum Gasteiger partial charge on any atom is 0.0593 e. The highest BCUT2D eigenvalue weighted by molar-refractivity contribution is 5.86. The molecule has 0 saturated heterocycles. The van der Waals surface area contributed by atoms with Gasteiger partial charge in [-0.2, -0.15) is 0 Å². The molecule has 1 aliphatic rings. The largest absolute Gasteiger partial charge is 0.380 e. The van der Waals surface area contributed by atoms with Crippen LogP contribution in [0.3, 0.4) is 0 Å². The fraction of sp³-hybridized carbons (Fsp3) is 0.556. The van der Waals surface area contributed by atoms with Gasteiger partial charge in [0.2, 0.25) is 0 Å². The van der Waals surface area contributed by atoms with Crippen LogP contribution in [0.15, 0.2) is 18.3 Å². The average molecular weight is 301 g/mol. The Bertz CT molecular complexity index is 662. The first-order chi connectivity index (χ1) is 10.6. The molecule has 1 aliphatic heterocycles. The smallest absolute Gasteiger partial charge is 0.0593 e. The number of ether oxygens (including phenoxy) is 1. The molecule has 4 heteroatoms. The number of benzene rings is 1. The van der Waals surface area contributed by atoms with E-state index in [-0.39, 0.29) is 6.04 Å². The Hall–Kier alpha value is -1.36. The molecule has 2 heterocycles. The standard InChI is InChI=1S/C18H27N3O/c1-4-17(19)16-12-20(3)18-9-14-11-21(6-7-22-5-2)10-13(14)8-15(16)18/h8-9,12,17H,4-7,10-11,19H2,1-3H3. The van der Waals surface area contributed by atoms with Crippen LogP contribution in [0.5, 0.6) is 0 Å². The molecule has 2 aromatic rings. The van der Waals surface area contributed by atoms with Crippen molar-refractivity contribution in [3.05, 3.63) is 35.0 Å². The summed E-state index contributed by atoms with van der Waals surface area (Å²) in [6.07, 6.45) is 3.16. The van der Waals surface area contributed by atoms with E-state index in [0.717, 1.165) is 39.3 Å². The van der Waals surface area contributed by atoms with Crippen LogP contribution < -0.4 is 5.73 Å². The van der Waals surface area contributed by atoms with Crippen LogP contribution in [0.4, 0.5) is 0 Å². The quantitative estimate of drug-likeness (QED) is 0.834. The minimum atomic E-state index is 0.122. The summed E-state index contributed by atoms with van der Waals surface area (Å²) in [5.41, 5.74) is 11.7. The summed E-state index contributed by atoms with van der Waals surface area (Å²) in [4.78, 5) is 2.46. The summed E-state index contributed by atoms with van der Waals surface area (Å²) >= 11 is 0. The van der Waals surface area contributed by atoms with Crippen molar-refractivity contribution < 1.29 is 4.74 Å². The lowest BCUT2D eigenvalue weighted by molar-refractivity contribution is 0.113. The Morgan fingerprint density at radius 3 is 2.64 bits per heavy atom. The third-order valence-electron chi connectivity index (χ3n) is 4.72. The van der Waals surface area contributed by atoms with Gasteiger partial charge in [-0.1, -0.05) is 6.92 Å². The van der Waals surface area contributed by atoms with E-state index in [1.807, 2.05) is 6.92 Å². The van der Waals surface area contributed by atoms with Gasteiger partial charge in [-0.15, -0.1) is 0 Å². The van der Waals surface area contributed by atoms with E-state index < -0.39 is 0 Å². The second-order valence-corrected chi connectivity index (χ2v) is 6.26. The Balaban J connectivity index is 1.88. The molecule has 0 aliphatic carbocycles. The number of aryl methyl sites for hydroxylation is 1. The molecule has 0 fully saturated rings. The molecule has 3 rings (SSSR count). The zero-order chi connectivity index (χ0) is 15.7. The molecule has 1 aromatic carbocycles. The summed E-state index contributed by atoms with van der Waals surface area (Å²) in [6, 6.07) is 4.82. The van der Waals surface area contributed by atoms with Crippen LogP contribution >= 0.6 is 0 Å². The minimum absolute atomic E-state index is 0.122. The van der Waals surface area contributed by atoms with Gasteiger partial charge in [0, 0.05) is 56.4 Å². The molecular formula is C18H27N3O. The SMILES string of the molecule is CCOCCN1Cc2cc3c(C(N)CC)cn(C)c3cc2C1. The van der Waals surface area contributed by atoms with Gasteiger partial charge in [0.15, 0.2) is 0 Å². The molecule has 0 amide bonds. The lowest BCUT2D eigenvalue weighted by Crippen LogP contribution is -2.21. The monoisotopic (exact) mass is 301 g/mol. The highest BCUT2D eigenvalue weighted by Crippen LogP contribution is 2.32. The van der Waals surface area contributed by atoms with Crippen molar-refractivity contribution in [2.45, 2.75) is 39.4 Å². The molecule has 0 bridgehead atoms. The number of aromatic nitrogens is 1. The van der Waals surface area contributed by atoms with Gasteiger partial charge in [0.25, 0.3) is 0 Å². The Morgan fingerprint density at radius 1 is 1.23 bits per heavy atom. The summed E-state index contributed by atoms with van der Waals surface area (Å²) < 4.78 is 7.69. The molecule has 120 valence electrons. The van der Waals surface area contributed by atoms with E-state index in [4.69, 9.17) is 10.5 Å². The van der Waals surface area contributed by atoms with Crippen molar-refractivity contribution in [2.75, 3.05) is 19.8 Å². The average Bonchev–Trinajstić information content (AvgIpc) is 3.05. The van der Waals surface area contributed by atoms with Gasteiger partial charge in [0.05, 0.1) is 6.61 Å². The fourth-order valence-corrected chi connectivity index (χ4v) is 3.39. The molecular weight excluding hydrogens is 274 g/mol. The molecule has 0 radical (unpaired) electrons. The van der Waals surface area contributed by atoms with Crippen LogP contribution in [0.25, 0.3) is 10.9 Å². The number of hydrogen-bond acceptors (Lipinski definition) is 3. The lowest BCUT2D eigenvalue weighted by atomic mass is 10.0. The minimum Gasteiger partial charge on any atom is -0.380 e. The van der Waals surface area contributed by atoms with E-state index in [2.05, 4.69) is 41.8 Å². The molecule has 1 atom stereocenters. The highest BCUT2D eigenvalue weighted by atomic mass is 16.5. The first-order valence-corrected chi connectivity index (χ1v) is 8.30. The van der Waals surface area contributed by atoms with E-state index in [1.165, 1.54) is 27.6 Å². The normalized spacial score (nSPS) is 16.4. The van der Waals surface area contributed by atoms with Crippen LogP contribution in [-0.2, 0) is 24.9 Å². The maximum absolute atomic E-state index is 6.29. The first-order valence-electron chi connectivity index (χ1n) is 8.30. The zero-order valence-corrected chi connectivity index (χ0v) is 13.9. The van der Waals surface area contributed by atoms with Crippen molar-refractivity contribution in [1.29, 1.82) is 0 Å².